The van der Waals surface area contributed by atoms with Gasteiger partial charge in [0.25, 0.3) is 0 Å². The molecule has 2 heterocycles. The van der Waals surface area contributed by atoms with E-state index in [1.807, 2.05) is 0 Å². The van der Waals surface area contributed by atoms with Crippen LogP contribution in [0.2, 0.25) is 0 Å². The smallest absolute Gasteiger partial charge is 0.232 e. The second-order valence-corrected chi connectivity index (χ2v) is 12.1. The summed E-state index contributed by atoms with van der Waals surface area (Å²) in [4.78, 5) is 17.5. The number of hydrogen-bond donors (Lipinski definition) is 1. The maximum Gasteiger partial charge on any atom is 0.232 e. The van der Waals surface area contributed by atoms with E-state index in [0.29, 0.717) is 33.4 Å². The van der Waals surface area contributed by atoms with Gasteiger partial charge < -0.3 is 19.3 Å². The lowest BCUT2D eigenvalue weighted by Gasteiger charge is -2.21. The van der Waals surface area contributed by atoms with Gasteiger partial charge in [-0.1, -0.05) is 12.1 Å². The van der Waals surface area contributed by atoms with Crippen LogP contribution in [0.25, 0.3) is 56.0 Å². The predicted molar refractivity (Wildman–Crippen MR) is 163 cm³/mol. The fraction of sp³-hybridized carbons (Fsp3) is 0.125. The number of sulfonamides is 1. The Morgan fingerprint density at radius 1 is 0.955 bits per heavy atom. The maximum absolute atomic E-state index is 14.4. The zero-order valence-corrected chi connectivity index (χ0v) is 24.5. The van der Waals surface area contributed by atoms with Crippen molar-refractivity contribution in [1.82, 2.24) is 4.98 Å². The number of benzene rings is 4. The van der Waals surface area contributed by atoms with E-state index >= 15 is 0 Å². The van der Waals surface area contributed by atoms with Gasteiger partial charge in [-0.2, -0.15) is 0 Å². The molecule has 6 rings (SSSR count). The minimum absolute atomic E-state index is 0.0468. The van der Waals surface area contributed by atoms with E-state index in [4.69, 9.17) is 19.3 Å². The normalized spacial score (nSPS) is 11.8. The van der Waals surface area contributed by atoms with Crippen molar-refractivity contribution >= 4 is 43.6 Å². The first-order chi connectivity index (χ1) is 21.0. The Labute approximate surface area is 250 Å². The minimum atomic E-state index is -3.77. The molecule has 0 saturated carbocycles. The zero-order valence-electron chi connectivity index (χ0n) is 23.7. The number of methoxy groups -OCH3 is 1. The van der Waals surface area contributed by atoms with Gasteiger partial charge in [0.1, 0.15) is 28.4 Å². The second kappa shape index (κ2) is 10.9. The molecule has 2 aromatic heterocycles. The van der Waals surface area contributed by atoms with Crippen LogP contribution in [0.5, 0.6) is 5.75 Å². The molecule has 0 bridgehead atoms. The minimum Gasteiger partial charge on any atom is -0.496 e. The predicted octanol–water partition coefficient (Wildman–Crippen LogP) is 6.40. The lowest BCUT2D eigenvalue weighted by molar-refractivity contribution is 0.100. The van der Waals surface area contributed by atoms with Gasteiger partial charge in [-0.3, -0.25) is 9.10 Å². The highest BCUT2D eigenvalue weighted by Crippen LogP contribution is 2.43. The first-order valence-corrected chi connectivity index (χ1v) is 15.1. The number of halogens is 2. The van der Waals surface area contributed by atoms with Crippen molar-refractivity contribution in [2.24, 2.45) is 5.73 Å². The van der Waals surface area contributed by atoms with Gasteiger partial charge in [0, 0.05) is 29.6 Å². The number of oxazole rings is 1. The fourth-order valence-electron chi connectivity index (χ4n) is 5.06. The van der Waals surface area contributed by atoms with Gasteiger partial charge in [0.05, 0.1) is 36.7 Å². The Kier molecular flexibility index (Phi) is 7.18. The molecule has 9 nitrogen and oxygen atoms in total. The van der Waals surface area contributed by atoms with Crippen molar-refractivity contribution in [1.29, 1.82) is 0 Å². The number of fused-ring (bicyclic) bond motifs is 2. The topological polar surface area (TPSA) is 129 Å². The third-order valence-electron chi connectivity index (χ3n) is 7.32. The van der Waals surface area contributed by atoms with Crippen molar-refractivity contribution < 1.29 is 35.6 Å². The first-order valence-electron chi connectivity index (χ1n) is 13.3. The molecule has 224 valence electrons. The lowest BCUT2D eigenvalue weighted by Crippen LogP contribution is -2.25. The summed E-state index contributed by atoms with van der Waals surface area (Å²) < 4.78 is 72.3. The van der Waals surface area contributed by atoms with E-state index in [2.05, 4.69) is 4.98 Å². The van der Waals surface area contributed by atoms with Crippen molar-refractivity contribution in [2.75, 3.05) is 31.3 Å². The zero-order chi connectivity index (χ0) is 31.3. The molecule has 0 atom stereocenters. The van der Waals surface area contributed by atoms with E-state index in [1.165, 1.54) is 56.6 Å². The van der Waals surface area contributed by atoms with Gasteiger partial charge in [-0.25, -0.2) is 22.2 Å². The van der Waals surface area contributed by atoms with Crippen molar-refractivity contribution in [3.05, 3.63) is 90.0 Å². The number of ether oxygens (including phenoxy) is 1. The Balaban J connectivity index is 1.64. The summed E-state index contributed by atoms with van der Waals surface area (Å²) in [6.07, 6.45) is 1.06. The number of aromatic nitrogens is 1. The molecule has 2 N–H and O–H groups in total. The molecule has 12 heteroatoms. The third kappa shape index (κ3) is 4.97. The van der Waals surface area contributed by atoms with Crippen LogP contribution in [-0.2, 0) is 10.0 Å². The highest BCUT2D eigenvalue weighted by atomic mass is 32.2. The largest absolute Gasteiger partial charge is 0.496 e. The summed E-state index contributed by atoms with van der Waals surface area (Å²) in [7, 11) is -0.913. The third-order valence-corrected chi connectivity index (χ3v) is 8.52. The average molecular weight is 618 g/mol. The van der Waals surface area contributed by atoms with E-state index in [-0.39, 0.29) is 46.1 Å². The van der Waals surface area contributed by atoms with Crippen LogP contribution < -0.4 is 14.8 Å². The molecule has 0 aliphatic rings. The van der Waals surface area contributed by atoms with Gasteiger partial charge in [-0.05, 0) is 60.2 Å². The van der Waals surface area contributed by atoms with E-state index in [0.717, 1.165) is 10.6 Å². The average Bonchev–Trinajstić information content (AvgIpc) is 3.62. The van der Waals surface area contributed by atoms with E-state index in [1.54, 1.807) is 30.3 Å². The summed E-state index contributed by atoms with van der Waals surface area (Å²) in [6.45, 7) is -0.329. The Morgan fingerprint density at radius 3 is 2.34 bits per heavy atom. The van der Waals surface area contributed by atoms with Crippen LogP contribution in [0.15, 0.2) is 81.6 Å². The Hall–Kier alpha value is -5.07. The number of Topliss-reactive ketones (excluding diaryl/α,β-unsaturated/α-hetero) is 1. The summed E-state index contributed by atoms with van der Waals surface area (Å²) in [5.41, 5.74) is 8.43. The summed E-state index contributed by atoms with van der Waals surface area (Å²) in [5, 5.41) is 0.377. The summed E-state index contributed by atoms with van der Waals surface area (Å²) in [5.74, 6) is -0.812. The van der Waals surface area contributed by atoms with E-state index in [9.17, 15) is 22.0 Å². The molecule has 0 spiro atoms. The Bertz CT molecular complexity index is 2190. The molecule has 0 unspecified atom stereocenters. The first kappa shape index (κ1) is 29.0. The number of nitrogens with two attached hydrogens (primary N) is 1. The molecular formula is C32H25F2N3O6S. The van der Waals surface area contributed by atoms with Gasteiger partial charge in [-0.15, -0.1) is 0 Å². The molecule has 44 heavy (non-hydrogen) atoms. The Morgan fingerprint density at radius 2 is 1.68 bits per heavy atom. The molecule has 0 amide bonds. The number of rotatable bonds is 8. The number of para-hydroxylation sites is 1. The van der Waals surface area contributed by atoms with Crippen molar-refractivity contribution in [3.63, 3.8) is 0 Å². The number of anilines is 1. The molecule has 6 aromatic rings. The van der Waals surface area contributed by atoms with Crippen LogP contribution >= 0.6 is 0 Å². The molecule has 4 aromatic carbocycles. The van der Waals surface area contributed by atoms with Gasteiger partial charge in [0.15, 0.2) is 17.2 Å². The highest BCUT2D eigenvalue weighted by Gasteiger charge is 2.26. The van der Waals surface area contributed by atoms with Gasteiger partial charge in [0.2, 0.25) is 15.9 Å². The molecular weight excluding hydrogens is 592 g/mol. The fourth-order valence-corrected chi connectivity index (χ4v) is 5.57. The van der Waals surface area contributed by atoms with Crippen LogP contribution in [0.4, 0.5) is 14.5 Å². The van der Waals surface area contributed by atoms with Crippen molar-refractivity contribution in [2.45, 2.75) is 0 Å². The quantitative estimate of drug-likeness (QED) is 0.194. The molecule has 0 aliphatic heterocycles. The molecule has 0 fully saturated rings. The van der Waals surface area contributed by atoms with Crippen molar-refractivity contribution in [3.8, 4) is 39.7 Å². The van der Waals surface area contributed by atoms with Crippen LogP contribution in [0, 0.1) is 11.6 Å². The van der Waals surface area contributed by atoms with Gasteiger partial charge >= 0.3 is 0 Å². The number of carbonyl (C=O) groups is 1. The highest BCUT2D eigenvalue weighted by molar-refractivity contribution is 7.92. The monoisotopic (exact) mass is 617 g/mol. The number of furan rings is 1. The molecule has 0 radical (unpaired) electrons. The molecule has 0 saturated heterocycles. The van der Waals surface area contributed by atoms with E-state index < -0.39 is 27.4 Å². The second-order valence-electron chi connectivity index (χ2n) is 10.1. The maximum atomic E-state index is 14.4. The number of carbonyl (C=O) groups excluding carboxylic acids is 1. The number of hydrogen-bond acceptors (Lipinski definition) is 8. The number of nitrogens with zero attached hydrogens (tertiary/aromatic N) is 2. The molecule has 0 aliphatic carbocycles. The lowest BCUT2D eigenvalue weighted by atomic mass is 9.96. The van der Waals surface area contributed by atoms with Crippen LogP contribution in [0.3, 0.4) is 0 Å². The van der Waals surface area contributed by atoms with Crippen LogP contribution in [0.1, 0.15) is 10.4 Å². The number of ketones is 1. The SMILES string of the molecule is COc1ccc(-c2cc3c(C(=O)CN)c(-c4ccc(F)cc4)oc3cc2N(C)S(C)(=O)=O)cc1-c1nc2c(F)cccc2o1. The van der Waals surface area contributed by atoms with Crippen LogP contribution in [-0.4, -0.2) is 46.1 Å². The summed E-state index contributed by atoms with van der Waals surface area (Å²) >= 11 is 0. The summed E-state index contributed by atoms with van der Waals surface area (Å²) in [6, 6.07) is 18.0. The standard InChI is InChI=1S/C32H25F2N3O6S/c1-37(44(3,39)40)24-15-28-21(29(25(38)16-35)31(42-28)17-7-10-19(33)11-8-17)14-20(24)18-9-12-26(41-2)22(13-18)32-36-30-23(34)5-4-6-27(30)43-32/h4-15H,16,35H2,1-3H3.